The third kappa shape index (κ3) is 3.88. The van der Waals surface area contributed by atoms with Crippen molar-refractivity contribution in [3.63, 3.8) is 0 Å². The molecule has 0 unspecified atom stereocenters. The molecule has 1 aromatic carbocycles. The summed E-state index contributed by atoms with van der Waals surface area (Å²) in [7, 11) is 1.54. The van der Waals surface area contributed by atoms with E-state index in [1.54, 1.807) is 25.3 Å². The first-order valence-corrected chi connectivity index (χ1v) is 8.18. The maximum absolute atomic E-state index is 12.6. The minimum atomic E-state index is -0.301. The zero-order valence-corrected chi connectivity index (χ0v) is 14.7. The third-order valence-electron chi connectivity index (χ3n) is 4.17. The van der Waals surface area contributed by atoms with Crippen molar-refractivity contribution in [3.8, 4) is 17.0 Å². The Morgan fingerprint density at radius 1 is 1.50 bits per heavy atom. The highest BCUT2D eigenvalue weighted by molar-refractivity contribution is 6.32. The second-order valence-corrected chi connectivity index (χ2v) is 6.06. The van der Waals surface area contributed by atoms with Gasteiger partial charge in [-0.2, -0.15) is 5.10 Å². The monoisotopic (exact) mass is 351 g/mol. The third-order valence-corrected chi connectivity index (χ3v) is 4.46. The maximum Gasteiger partial charge on any atom is 0.255 e. The summed E-state index contributed by atoms with van der Waals surface area (Å²) in [5, 5.41) is 19.6. The lowest BCUT2D eigenvalue weighted by Crippen LogP contribution is -2.41. The number of H-pyrrole nitrogens is 1. The molecule has 0 aliphatic heterocycles. The van der Waals surface area contributed by atoms with Crippen molar-refractivity contribution >= 4 is 17.5 Å². The molecule has 130 valence electrons. The van der Waals surface area contributed by atoms with E-state index in [0.29, 0.717) is 22.0 Å². The summed E-state index contributed by atoms with van der Waals surface area (Å²) < 4.78 is 5.14. The number of nitrogens with one attached hydrogen (secondary N) is 2. The SMILES string of the molecule is CC[C@@H](C)[C@H](CO)NC(=O)c1cn[nH]c1-c1ccc(OC)c(Cl)c1. The highest BCUT2D eigenvalue weighted by Crippen LogP contribution is 2.30. The molecule has 0 spiro atoms. The van der Waals surface area contributed by atoms with Crippen LogP contribution in [0.3, 0.4) is 0 Å². The lowest BCUT2D eigenvalue weighted by atomic mass is 9.99. The number of carbonyl (C=O) groups is 1. The van der Waals surface area contributed by atoms with Crippen molar-refractivity contribution < 1.29 is 14.6 Å². The molecule has 6 nitrogen and oxygen atoms in total. The van der Waals surface area contributed by atoms with Crippen molar-refractivity contribution in [3.05, 3.63) is 35.0 Å². The van der Waals surface area contributed by atoms with Gasteiger partial charge >= 0.3 is 0 Å². The molecule has 0 fully saturated rings. The van der Waals surface area contributed by atoms with Crippen LogP contribution in [-0.4, -0.2) is 41.0 Å². The van der Waals surface area contributed by atoms with E-state index in [9.17, 15) is 9.90 Å². The molecule has 0 radical (unpaired) electrons. The molecular weight excluding hydrogens is 330 g/mol. The van der Waals surface area contributed by atoms with Gasteiger partial charge < -0.3 is 15.2 Å². The molecule has 0 aliphatic carbocycles. The average molecular weight is 352 g/mol. The topological polar surface area (TPSA) is 87.2 Å². The Balaban J connectivity index is 2.26. The van der Waals surface area contributed by atoms with E-state index in [4.69, 9.17) is 16.3 Å². The molecule has 0 saturated heterocycles. The van der Waals surface area contributed by atoms with Crippen LogP contribution in [0.5, 0.6) is 5.75 Å². The van der Waals surface area contributed by atoms with Crippen LogP contribution in [0.15, 0.2) is 24.4 Å². The minimum absolute atomic E-state index is 0.109. The van der Waals surface area contributed by atoms with E-state index in [-0.39, 0.29) is 24.5 Å². The number of aliphatic hydroxyl groups excluding tert-OH is 1. The van der Waals surface area contributed by atoms with Gasteiger partial charge in [0, 0.05) is 5.56 Å². The molecule has 0 bridgehead atoms. The van der Waals surface area contributed by atoms with Gasteiger partial charge in [0.15, 0.2) is 0 Å². The van der Waals surface area contributed by atoms with Gasteiger partial charge in [0.1, 0.15) is 5.75 Å². The number of hydrogen-bond donors (Lipinski definition) is 3. The van der Waals surface area contributed by atoms with Gasteiger partial charge in [0.25, 0.3) is 5.91 Å². The molecule has 0 saturated carbocycles. The Hall–Kier alpha value is -2.05. The Labute approximate surface area is 146 Å². The number of benzene rings is 1. The minimum Gasteiger partial charge on any atom is -0.495 e. The van der Waals surface area contributed by atoms with Gasteiger partial charge in [-0.25, -0.2) is 0 Å². The fraction of sp³-hybridized carbons (Fsp3) is 0.412. The molecule has 2 rings (SSSR count). The van der Waals surface area contributed by atoms with Crippen LogP contribution in [0.2, 0.25) is 5.02 Å². The molecule has 1 heterocycles. The lowest BCUT2D eigenvalue weighted by molar-refractivity contribution is 0.0892. The Morgan fingerprint density at radius 2 is 2.25 bits per heavy atom. The molecule has 7 heteroatoms. The summed E-state index contributed by atoms with van der Waals surface area (Å²) in [5.41, 5.74) is 1.70. The van der Waals surface area contributed by atoms with Gasteiger partial charge in [-0.15, -0.1) is 0 Å². The maximum atomic E-state index is 12.6. The highest BCUT2D eigenvalue weighted by atomic mass is 35.5. The standard InChI is InChI=1S/C17H22ClN3O3/c1-4-10(2)14(9-22)20-17(23)12-8-19-21-16(12)11-5-6-15(24-3)13(18)7-11/h5-8,10,14,22H,4,9H2,1-3H3,(H,19,21)(H,20,23)/t10-,14+/m1/s1. The number of amides is 1. The molecule has 1 aromatic heterocycles. The number of aromatic nitrogens is 2. The van der Waals surface area contributed by atoms with Gasteiger partial charge in [-0.05, 0) is 24.1 Å². The number of carbonyl (C=O) groups excluding carboxylic acids is 1. The number of hydrogen-bond acceptors (Lipinski definition) is 4. The first-order chi connectivity index (χ1) is 11.5. The number of aromatic amines is 1. The number of nitrogens with zero attached hydrogens (tertiary/aromatic N) is 1. The van der Waals surface area contributed by atoms with Crippen molar-refractivity contribution in [2.24, 2.45) is 5.92 Å². The van der Waals surface area contributed by atoms with Crippen LogP contribution >= 0.6 is 11.6 Å². The van der Waals surface area contributed by atoms with Crippen molar-refractivity contribution in [2.45, 2.75) is 26.3 Å². The molecule has 3 N–H and O–H groups in total. The Kier molecular flexibility index (Phi) is 6.23. The van der Waals surface area contributed by atoms with Gasteiger partial charge in [0.2, 0.25) is 0 Å². The number of aliphatic hydroxyl groups is 1. The van der Waals surface area contributed by atoms with Crippen LogP contribution in [-0.2, 0) is 0 Å². The fourth-order valence-electron chi connectivity index (χ4n) is 2.40. The first kappa shape index (κ1) is 18.3. The van der Waals surface area contributed by atoms with Crippen LogP contribution in [0.4, 0.5) is 0 Å². The predicted octanol–water partition coefficient (Wildman–Crippen LogP) is 2.88. The zero-order chi connectivity index (χ0) is 17.7. The molecular formula is C17H22ClN3O3. The van der Waals surface area contributed by atoms with E-state index < -0.39 is 0 Å². The summed E-state index contributed by atoms with van der Waals surface area (Å²) >= 11 is 6.15. The summed E-state index contributed by atoms with van der Waals surface area (Å²) in [6.07, 6.45) is 2.33. The quantitative estimate of drug-likeness (QED) is 0.715. The van der Waals surface area contributed by atoms with Gasteiger partial charge in [0.05, 0.1) is 42.2 Å². The Bertz CT molecular complexity index is 702. The van der Waals surface area contributed by atoms with Crippen molar-refractivity contribution in [1.29, 1.82) is 0 Å². The largest absolute Gasteiger partial charge is 0.495 e. The number of rotatable bonds is 7. The Morgan fingerprint density at radius 3 is 2.83 bits per heavy atom. The van der Waals surface area contributed by atoms with Crippen molar-refractivity contribution in [2.75, 3.05) is 13.7 Å². The molecule has 24 heavy (non-hydrogen) atoms. The predicted molar refractivity (Wildman–Crippen MR) is 93.4 cm³/mol. The lowest BCUT2D eigenvalue weighted by Gasteiger charge is -2.22. The number of methoxy groups -OCH3 is 1. The second kappa shape index (κ2) is 8.17. The second-order valence-electron chi connectivity index (χ2n) is 5.66. The molecule has 2 atom stereocenters. The van der Waals surface area contributed by atoms with E-state index in [0.717, 1.165) is 12.0 Å². The summed E-state index contributed by atoms with van der Waals surface area (Å²) in [6, 6.07) is 4.94. The van der Waals surface area contributed by atoms with Gasteiger partial charge in [-0.3, -0.25) is 9.89 Å². The number of ether oxygens (including phenoxy) is 1. The van der Waals surface area contributed by atoms with E-state index >= 15 is 0 Å². The summed E-state index contributed by atoms with van der Waals surface area (Å²) in [6.45, 7) is 3.89. The molecule has 1 amide bonds. The van der Waals surface area contributed by atoms with Crippen molar-refractivity contribution in [1.82, 2.24) is 15.5 Å². The van der Waals surface area contributed by atoms with E-state index in [1.807, 2.05) is 13.8 Å². The number of halogens is 1. The first-order valence-electron chi connectivity index (χ1n) is 7.80. The fourth-order valence-corrected chi connectivity index (χ4v) is 2.66. The van der Waals surface area contributed by atoms with Crippen LogP contribution < -0.4 is 10.1 Å². The van der Waals surface area contributed by atoms with E-state index in [1.165, 1.54) is 6.20 Å². The summed E-state index contributed by atoms with van der Waals surface area (Å²) in [4.78, 5) is 12.6. The smallest absolute Gasteiger partial charge is 0.255 e. The van der Waals surface area contributed by atoms with Crippen LogP contribution in [0.1, 0.15) is 30.6 Å². The normalized spacial score (nSPS) is 13.4. The van der Waals surface area contributed by atoms with Crippen LogP contribution in [0.25, 0.3) is 11.3 Å². The summed E-state index contributed by atoms with van der Waals surface area (Å²) in [5.74, 6) is 0.442. The molecule has 2 aromatic rings. The van der Waals surface area contributed by atoms with Gasteiger partial charge in [-0.1, -0.05) is 31.9 Å². The molecule has 0 aliphatic rings. The zero-order valence-electron chi connectivity index (χ0n) is 14.0. The van der Waals surface area contributed by atoms with Crippen LogP contribution in [0, 0.1) is 5.92 Å². The average Bonchev–Trinajstić information content (AvgIpc) is 3.08. The van der Waals surface area contributed by atoms with E-state index in [2.05, 4.69) is 15.5 Å². The highest BCUT2D eigenvalue weighted by Gasteiger charge is 2.22.